The first-order valence-electron chi connectivity index (χ1n) is 5.57. The Bertz CT molecular complexity index is 553. The second kappa shape index (κ2) is 5.34. The van der Waals surface area contributed by atoms with Gasteiger partial charge in [-0.3, -0.25) is 0 Å². The third-order valence-corrected chi connectivity index (χ3v) is 2.83. The minimum atomic E-state index is -0.0898. The van der Waals surface area contributed by atoms with Crippen LogP contribution in [0.4, 0.5) is 0 Å². The van der Waals surface area contributed by atoms with Crippen LogP contribution in [0.5, 0.6) is 5.75 Å². The molecule has 1 heterocycles. The highest BCUT2D eigenvalue weighted by atomic mass is 16.5. The zero-order chi connectivity index (χ0) is 13.0. The molecule has 5 nitrogen and oxygen atoms in total. The first-order chi connectivity index (χ1) is 8.80. The van der Waals surface area contributed by atoms with E-state index < -0.39 is 0 Å². The monoisotopic (exact) mass is 242 g/mol. The van der Waals surface area contributed by atoms with Gasteiger partial charge >= 0.3 is 0 Å². The fraction of sp³-hybridized carbons (Fsp3) is 0.231. The number of nitrogens with zero attached hydrogens (tertiary/aromatic N) is 3. The standard InChI is InChI=1S/C13H14N4O/c1-18-11-4-2-10(3-5-11)12(8-14)17-7-6-16-13(17)9-15/h2-7,12H,8,14H2,1H3. The molecule has 0 spiro atoms. The van der Waals surface area contributed by atoms with Gasteiger partial charge in [-0.25, -0.2) is 4.98 Å². The van der Waals surface area contributed by atoms with Crippen molar-refractivity contribution in [3.05, 3.63) is 48.0 Å². The van der Waals surface area contributed by atoms with E-state index in [0.29, 0.717) is 12.4 Å². The van der Waals surface area contributed by atoms with Gasteiger partial charge in [-0.15, -0.1) is 0 Å². The molecule has 1 aromatic heterocycles. The van der Waals surface area contributed by atoms with Gasteiger partial charge in [0.15, 0.2) is 0 Å². The summed E-state index contributed by atoms with van der Waals surface area (Å²) in [5.74, 6) is 1.15. The van der Waals surface area contributed by atoms with Crippen molar-refractivity contribution in [1.29, 1.82) is 5.26 Å². The van der Waals surface area contributed by atoms with Crippen LogP contribution in [0.15, 0.2) is 36.7 Å². The van der Waals surface area contributed by atoms with Crippen molar-refractivity contribution in [1.82, 2.24) is 9.55 Å². The lowest BCUT2D eigenvalue weighted by Gasteiger charge is -2.18. The summed E-state index contributed by atoms with van der Waals surface area (Å²) < 4.78 is 6.89. The number of benzene rings is 1. The average Bonchev–Trinajstić information content (AvgIpc) is 2.89. The molecule has 0 saturated heterocycles. The lowest BCUT2D eigenvalue weighted by molar-refractivity contribution is 0.414. The maximum atomic E-state index is 8.99. The minimum Gasteiger partial charge on any atom is -0.497 e. The van der Waals surface area contributed by atoms with Gasteiger partial charge in [0.05, 0.1) is 13.2 Å². The summed E-state index contributed by atoms with van der Waals surface area (Å²) in [5.41, 5.74) is 6.82. The second-order valence-corrected chi connectivity index (χ2v) is 3.79. The van der Waals surface area contributed by atoms with Crippen molar-refractivity contribution in [2.45, 2.75) is 6.04 Å². The molecule has 2 rings (SSSR count). The number of nitrogens with two attached hydrogens (primary N) is 1. The molecule has 2 N–H and O–H groups in total. The van der Waals surface area contributed by atoms with E-state index in [1.54, 1.807) is 24.1 Å². The van der Waals surface area contributed by atoms with Crippen molar-refractivity contribution in [3.8, 4) is 11.8 Å². The molecule has 1 atom stereocenters. The number of aromatic nitrogens is 2. The highest BCUT2D eigenvalue weighted by molar-refractivity contribution is 5.30. The van der Waals surface area contributed by atoms with Crippen LogP contribution in [-0.2, 0) is 0 Å². The summed E-state index contributed by atoms with van der Waals surface area (Å²) in [6.45, 7) is 0.400. The molecular formula is C13H14N4O. The maximum absolute atomic E-state index is 8.99. The molecule has 5 heteroatoms. The van der Waals surface area contributed by atoms with Crippen LogP contribution in [0.3, 0.4) is 0 Å². The van der Waals surface area contributed by atoms with Crippen LogP contribution in [0.1, 0.15) is 17.4 Å². The van der Waals surface area contributed by atoms with E-state index in [4.69, 9.17) is 15.7 Å². The van der Waals surface area contributed by atoms with Gasteiger partial charge in [0, 0.05) is 18.9 Å². The van der Waals surface area contributed by atoms with Crippen molar-refractivity contribution >= 4 is 0 Å². The maximum Gasteiger partial charge on any atom is 0.213 e. The third-order valence-electron chi connectivity index (χ3n) is 2.83. The highest BCUT2D eigenvalue weighted by Gasteiger charge is 2.15. The fourth-order valence-electron chi connectivity index (χ4n) is 1.89. The van der Waals surface area contributed by atoms with Gasteiger partial charge in [-0.1, -0.05) is 12.1 Å². The number of hydrogen-bond donors (Lipinski definition) is 1. The molecule has 0 amide bonds. The van der Waals surface area contributed by atoms with Crippen LogP contribution < -0.4 is 10.5 Å². The zero-order valence-electron chi connectivity index (χ0n) is 10.1. The topological polar surface area (TPSA) is 76.9 Å². The van der Waals surface area contributed by atoms with Crippen molar-refractivity contribution < 1.29 is 4.74 Å². The molecule has 1 unspecified atom stereocenters. The second-order valence-electron chi connectivity index (χ2n) is 3.79. The van der Waals surface area contributed by atoms with E-state index in [9.17, 15) is 0 Å². The average molecular weight is 242 g/mol. The molecule has 92 valence electrons. The Hall–Kier alpha value is -2.32. The highest BCUT2D eigenvalue weighted by Crippen LogP contribution is 2.21. The number of nitriles is 1. The van der Waals surface area contributed by atoms with E-state index in [1.165, 1.54) is 0 Å². The summed E-state index contributed by atoms with van der Waals surface area (Å²) in [7, 11) is 1.62. The largest absolute Gasteiger partial charge is 0.497 e. The van der Waals surface area contributed by atoms with Crippen LogP contribution in [0.25, 0.3) is 0 Å². The predicted molar refractivity (Wildman–Crippen MR) is 67.1 cm³/mol. The van der Waals surface area contributed by atoms with Gasteiger partial charge in [0.2, 0.25) is 5.82 Å². The lowest BCUT2D eigenvalue weighted by Crippen LogP contribution is -2.21. The molecule has 0 aliphatic carbocycles. The van der Waals surface area contributed by atoms with E-state index in [1.807, 2.05) is 24.3 Å². The Kier molecular flexibility index (Phi) is 3.60. The van der Waals surface area contributed by atoms with Gasteiger partial charge in [-0.05, 0) is 17.7 Å². The molecular weight excluding hydrogens is 228 g/mol. The lowest BCUT2D eigenvalue weighted by atomic mass is 10.1. The van der Waals surface area contributed by atoms with Gasteiger partial charge < -0.3 is 15.0 Å². The Labute approximate surface area is 105 Å². The van der Waals surface area contributed by atoms with Crippen LogP contribution >= 0.6 is 0 Å². The molecule has 18 heavy (non-hydrogen) atoms. The van der Waals surface area contributed by atoms with E-state index in [0.717, 1.165) is 11.3 Å². The van der Waals surface area contributed by atoms with E-state index in [-0.39, 0.29) is 6.04 Å². The smallest absolute Gasteiger partial charge is 0.213 e. The molecule has 0 aliphatic heterocycles. The van der Waals surface area contributed by atoms with Gasteiger partial charge in [-0.2, -0.15) is 5.26 Å². The summed E-state index contributed by atoms with van der Waals surface area (Å²) in [6.07, 6.45) is 3.37. The van der Waals surface area contributed by atoms with E-state index >= 15 is 0 Å². The van der Waals surface area contributed by atoms with Crippen LogP contribution in [-0.4, -0.2) is 23.2 Å². The summed E-state index contributed by atoms with van der Waals surface area (Å²) in [4.78, 5) is 3.98. The van der Waals surface area contributed by atoms with Crippen molar-refractivity contribution in [2.75, 3.05) is 13.7 Å². The SMILES string of the molecule is COc1ccc(C(CN)n2ccnc2C#N)cc1. The van der Waals surface area contributed by atoms with Gasteiger partial charge in [0.25, 0.3) is 0 Å². The molecule has 0 saturated carbocycles. The molecule has 0 bridgehead atoms. The predicted octanol–water partition coefficient (Wildman–Crippen LogP) is 1.31. The summed E-state index contributed by atoms with van der Waals surface area (Å²) in [6, 6.07) is 9.60. The van der Waals surface area contributed by atoms with Crippen LogP contribution in [0.2, 0.25) is 0 Å². The van der Waals surface area contributed by atoms with Gasteiger partial charge in [0.1, 0.15) is 11.8 Å². The Balaban J connectivity index is 2.36. The number of rotatable bonds is 4. The quantitative estimate of drug-likeness (QED) is 0.877. The van der Waals surface area contributed by atoms with Crippen LogP contribution in [0, 0.1) is 11.3 Å². The number of imidazole rings is 1. The summed E-state index contributed by atoms with van der Waals surface area (Å²) in [5, 5.41) is 8.99. The normalized spacial score (nSPS) is 11.8. The first-order valence-corrected chi connectivity index (χ1v) is 5.57. The zero-order valence-corrected chi connectivity index (χ0v) is 10.1. The Morgan fingerprint density at radius 1 is 1.44 bits per heavy atom. The molecule has 1 aromatic carbocycles. The number of hydrogen-bond acceptors (Lipinski definition) is 4. The fourth-order valence-corrected chi connectivity index (χ4v) is 1.89. The molecule has 0 aliphatic rings. The minimum absolute atomic E-state index is 0.0898. The number of methoxy groups -OCH3 is 1. The van der Waals surface area contributed by atoms with E-state index in [2.05, 4.69) is 11.1 Å². The first kappa shape index (κ1) is 12.1. The molecule has 2 aromatic rings. The third kappa shape index (κ3) is 2.19. The molecule has 0 fully saturated rings. The summed E-state index contributed by atoms with van der Waals surface area (Å²) >= 11 is 0. The molecule has 0 radical (unpaired) electrons. The Morgan fingerprint density at radius 3 is 2.72 bits per heavy atom. The van der Waals surface area contributed by atoms with Crippen molar-refractivity contribution in [3.63, 3.8) is 0 Å². The Morgan fingerprint density at radius 2 is 2.17 bits per heavy atom. The van der Waals surface area contributed by atoms with Crippen molar-refractivity contribution in [2.24, 2.45) is 5.73 Å². The number of ether oxygens (including phenoxy) is 1.